The lowest BCUT2D eigenvalue weighted by Gasteiger charge is -2.33. The fraction of sp³-hybridized carbons (Fsp3) is 0.400. The summed E-state index contributed by atoms with van der Waals surface area (Å²) >= 11 is 5.79. The van der Waals surface area contributed by atoms with Crippen LogP contribution in [0.2, 0.25) is 0 Å². The Kier molecular flexibility index (Phi) is 5.52. The number of benzene rings is 1. The van der Waals surface area contributed by atoms with Crippen LogP contribution >= 0.6 is 12.2 Å². The first kappa shape index (κ1) is 18.2. The van der Waals surface area contributed by atoms with Crippen LogP contribution in [-0.4, -0.2) is 56.9 Å². The first-order valence-electron chi connectivity index (χ1n) is 9.44. The Morgan fingerprint density at radius 2 is 1.74 bits per heavy atom. The molecule has 0 radical (unpaired) electrons. The van der Waals surface area contributed by atoms with Crippen molar-refractivity contribution < 1.29 is 4.42 Å². The summed E-state index contributed by atoms with van der Waals surface area (Å²) in [7, 11) is 0. The van der Waals surface area contributed by atoms with Gasteiger partial charge < -0.3 is 9.32 Å². The number of nitrogens with zero attached hydrogens (tertiary/aromatic N) is 5. The lowest BCUT2D eigenvalue weighted by atomic mass is 10.2. The maximum atomic E-state index is 5.79. The Bertz CT molecular complexity index is 908. The van der Waals surface area contributed by atoms with Crippen LogP contribution in [0.15, 0.2) is 53.1 Å². The van der Waals surface area contributed by atoms with Crippen LogP contribution < -0.4 is 0 Å². The molecule has 0 N–H and O–H groups in total. The average Bonchev–Trinajstić information content (AvgIpc) is 3.34. The van der Waals surface area contributed by atoms with Gasteiger partial charge in [0.15, 0.2) is 16.4 Å². The van der Waals surface area contributed by atoms with Gasteiger partial charge in [-0.05, 0) is 36.5 Å². The number of aromatic nitrogens is 3. The Morgan fingerprint density at radius 3 is 2.41 bits per heavy atom. The SMILES string of the molecule is CCN1CCN(Cn2nc(-c3ccco3)n(Cc3ccccc3)c2=S)CC1. The number of hydrogen-bond acceptors (Lipinski definition) is 5. The lowest BCUT2D eigenvalue weighted by Crippen LogP contribution is -2.46. The Balaban J connectivity index is 1.61. The van der Waals surface area contributed by atoms with Gasteiger partial charge in [-0.3, -0.25) is 9.47 Å². The Hall–Kier alpha value is -2.22. The van der Waals surface area contributed by atoms with Crippen molar-refractivity contribution in [3.8, 4) is 11.6 Å². The molecule has 1 aliphatic heterocycles. The highest BCUT2D eigenvalue weighted by Crippen LogP contribution is 2.20. The second kappa shape index (κ2) is 8.21. The summed E-state index contributed by atoms with van der Waals surface area (Å²) in [4.78, 5) is 4.88. The van der Waals surface area contributed by atoms with E-state index in [0.717, 1.165) is 49.1 Å². The van der Waals surface area contributed by atoms with Crippen molar-refractivity contribution in [3.05, 3.63) is 59.1 Å². The molecule has 0 bridgehead atoms. The standard InChI is InChI=1S/C20H25N5OS/c1-2-22-10-12-23(13-11-22)16-25-20(27)24(15-17-7-4-3-5-8-17)19(21-25)18-9-6-14-26-18/h3-9,14H,2,10-13,15-16H2,1H3. The highest BCUT2D eigenvalue weighted by Gasteiger charge is 2.19. The molecule has 0 saturated carbocycles. The number of likely N-dealkylation sites (N-methyl/N-ethyl adjacent to an activating group) is 1. The van der Waals surface area contributed by atoms with Crippen LogP contribution in [0.5, 0.6) is 0 Å². The molecule has 0 aliphatic carbocycles. The zero-order chi connectivity index (χ0) is 18.6. The monoisotopic (exact) mass is 383 g/mol. The van der Waals surface area contributed by atoms with Crippen molar-refractivity contribution in [3.63, 3.8) is 0 Å². The highest BCUT2D eigenvalue weighted by molar-refractivity contribution is 7.71. The summed E-state index contributed by atoms with van der Waals surface area (Å²) in [5.74, 6) is 1.52. The second-order valence-corrected chi connectivity index (χ2v) is 7.21. The van der Waals surface area contributed by atoms with Gasteiger partial charge in [0.2, 0.25) is 0 Å². The first-order valence-corrected chi connectivity index (χ1v) is 9.85. The maximum Gasteiger partial charge on any atom is 0.199 e. The number of furan rings is 1. The second-order valence-electron chi connectivity index (χ2n) is 6.85. The predicted octanol–water partition coefficient (Wildman–Crippen LogP) is 3.32. The molecule has 0 amide bonds. The molecule has 27 heavy (non-hydrogen) atoms. The van der Waals surface area contributed by atoms with Crippen molar-refractivity contribution in [2.45, 2.75) is 20.1 Å². The number of piperazine rings is 1. The molecule has 3 heterocycles. The van der Waals surface area contributed by atoms with Crippen LogP contribution in [-0.2, 0) is 13.2 Å². The smallest absolute Gasteiger partial charge is 0.199 e. The van der Waals surface area contributed by atoms with Gasteiger partial charge in [-0.25, -0.2) is 4.68 Å². The van der Waals surface area contributed by atoms with Crippen molar-refractivity contribution in [2.75, 3.05) is 32.7 Å². The van der Waals surface area contributed by atoms with E-state index < -0.39 is 0 Å². The van der Waals surface area contributed by atoms with Crippen molar-refractivity contribution >= 4 is 12.2 Å². The number of rotatable bonds is 6. The Labute approximate surface area is 164 Å². The van der Waals surface area contributed by atoms with Crippen molar-refractivity contribution in [1.29, 1.82) is 0 Å². The van der Waals surface area contributed by atoms with E-state index >= 15 is 0 Å². The highest BCUT2D eigenvalue weighted by atomic mass is 32.1. The normalized spacial score (nSPS) is 16.0. The maximum absolute atomic E-state index is 5.79. The molecule has 7 heteroatoms. The van der Waals surface area contributed by atoms with Crippen LogP contribution in [0.3, 0.4) is 0 Å². The molecule has 1 aromatic carbocycles. The molecule has 0 unspecified atom stereocenters. The topological polar surface area (TPSA) is 42.4 Å². The van der Waals surface area contributed by atoms with Crippen LogP contribution in [0.4, 0.5) is 0 Å². The minimum atomic E-state index is 0.680. The van der Waals surface area contributed by atoms with Crippen LogP contribution in [0, 0.1) is 4.77 Å². The molecular formula is C20H25N5OS. The molecule has 4 rings (SSSR count). The molecule has 0 spiro atoms. The van der Waals surface area contributed by atoms with Gasteiger partial charge in [-0.1, -0.05) is 37.3 Å². The molecule has 1 saturated heterocycles. The van der Waals surface area contributed by atoms with Gasteiger partial charge in [-0.2, -0.15) is 0 Å². The van der Waals surface area contributed by atoms with Gasteiger partial charge in [-0.15, -0.1) is 5.10 Å². The summed E-state index contributed by atoms with van der Waals surface area (Å²) in [6.45, 7) is 8.99. The average molecular weight is 384 g/mol. The zero-order valence-corrected chi connectivity index (χ0v) is 16.4. The zero-order valence-electron chi connectivity index (χ0n) is 15.6. The fourth-order valence-corrected chi connectivity index (χ4v) is 3.72. The largest absolute Gasteiger partial charge is 0.461 e. The van der Waals surface area contributed by atoms with Crippen molar-refractivity contribution in [1.82, 2.24) is 24.1 Å². The molecule has 3 aromatic rings. The molecule has 1 aliphatic rings. The number of hydrogen-bond donors (Lipinski definition) is 0. The van der Waals surface area contributed by atoms with E-state index in [4.69, 9.17) is 21.7 Å². The summed E-state index contributed by atoms with van der Waals surface area (Å²) in [6.07, 6.45) is 1.67. The summed E-state index contributed by atoms with van der Waals surface area (Å²) < 4.78 is 10.3. The van der Waals surface area contributed by atoms with Gasteiger partial charge in [0.25, 0.3) is 0 Å². The predicted molar refractivity (Wildman–Crippen MR) is 108 cm³/mol. The molecule has 2 aromatic heterocycles. The molecule has 6 nitrogen and oxygen atoms in total. The molecule has 142 valence electrons. The minimum Gasteiger partial charge on any atom is -0.461 e. The van der Waals surface area contributed by atoms with Gasteiger partial charge in [0.05, 0.1) is 19.5 Å². The molecule has 0 atom stereocenters. The van der Waals surface area contributed by atoms with E-state index in [-0.39, 0.29) is 0 Å². The van der Waals surface area contributed by atoms with E-state index in [1.807, 2.05) is 35.0 Å². The molecular weight excluding hydrogens is 358 g/mol. The van der Waals surface area contributed by atoms with E-state index in [1.54, 1.807) is 6.26 Å². The first-order chi connectivity index (χ1) is 13.2. The third-order valence-corrected chi connectivity index (χ3v) is 5.53. The summed E-state index contributed by atoms with van der Waals surface area (Å²) in [5, 5.41) is 4.81. The van der Waals surface area contributed by atoms with E-state index in [2.05, 4.69) is 33.4 Å². The van der Waals surface area contributed by atoms with Crippen LogP contribution in [0.25, 0.3) is 11.6 Å². The summed E-state index contributed by atoms with van der Waals surface area (Å²) in [6, 6.07) is 14.1. The van der Waals surface area contributed by atoms with Crippen molar-refractivity contribution in [2.24, 2.45) is 0 Å². The van der Waals surface area contributed by atoms with E-state index in [0.29, 0.717) is 13.2 Å². The van der Waals surface area contributed by atoms with Gasteiger partial charge >= 0.3 is 0 Å². The van der Waals surface area contributed by atoms with E-state index in [1.165, 1.54) is 5.56 Å². The van der Waals surface area contributed by atoms with Gasteiger partial charge in [0, 0.05) is 26.2 Å². The third-order valence-electron chi connectivity index (χ3n) is 5.09. The van der Waals surface area contributed by atoms with Gasteiger partial charge in [0.1, 0.15) is 0 Å². The lowest BCUT2D eigenvalue weighted by molar-refractivity contribution is 0.106. The summed E-state index contributed by atoms with van der Waals surface area (Å²) in [5.41, 5.74) is 1.19. The Morgan fingerprint density at radius 1 is 1.00 bits per heavy atom. The van der Waals surface area contributed by atoms with E-state index in [9.17, 15) is 0 Å². The third kappa shape index (κ3) is 4.05. The van der Waals surface area contributed by atoms with Crippen LogP contribution in [0.1, 0.15) is 12.5 Å². The minimum absolute atomic E-state index is 0.680. The quantitative estimate of drug-likeness (QED) is 0.611. The molecule has 1 fully saturated rings. The fourth-order valence-electron chi connectivity index (χ4n) is 3.47.